The van der Waals surface area contributed by atoms with Gasteiger partial charge in [-0.15, -0.1) is 0 Å². The largest absolute Gasteiger partial charge is 0.507 e. The quantitative estimate of drug-likeness (QED) is 0.242. The molecular weight excluding hydrogens is 498 g/mol. The maximum absolute atomic E-state index is 14.3. The van der Waals surface area contributed by atoms with Crippen molar-refractivity contribution < 1.29 is 29.0 Å². The summed E-state index contributed by atoms with van der Waals surface area (Å²) >= 11 is 0. The van der Waals surface area contributed by atoms with Crippen molar-refractivity contribution in [3.63, 3.8) is 0 Å². The molecule has 1 atom stereocenters. The van der Waals surface area contributed by atoms with E-state index in [1.807, 2.05) is 26.0 Å². The van der Waals surface area contributed by atoms with Gasteiger partial charge in [0.15, 0.2) is 5.54 Å². The Morgan fingerprint density at radius 2 is 1.87 bits per heavy atom. The van der Waals surface area contributed by atoms with Crippen LogP contribution in [0.15, 0.2) is 60.7 Å². The lowest BCUT2D eigenvalue weighted by atomic mass is 9.81. The zero-order chi connectivity index (χ0) is 27.7. The Labute approximate surface area is 227 Å². The lowest BCUT2D eigenvalue weighted by Crippen LogP contribution is -2.54. The average Bonchev–Trinajstić information content (AvgIpc) is 3.33. The molecule has 9 nitrogen and oxygen atoms in total. The number of carbonyl (C=O) groups is 3. The van der Waals surface area contributed by atoms with Gasteiger partial charge in [-0.2, -0.15) is 0 Å². The number of rotatable bonds is 8. The zero-order valence-electron chi connectivity index (χ0n) is 22.3. The molecule has 1 N–H and O–H groups in total. The summed E-state index contributed by atoms with van der Waals surface area (Å²) in [6.45, 7) is 11.2. The third-order valence-corrected chi connectivity index (χ3v) is 7.67. The van der Waals surface area contributed by atoms with Crippen LogP contribution in [0.4, 0.5) is 5.69 Å². The van der Waals surface area contributed by atoms with E-state index in [1.54, 1.807) is 41.3 Å². The number of likely N-dealkylation sites (N-methyl/N-ethyl adjacent to an activating group) is 1. The van der Waals surface area contributed by atoms with E-state index < -0.39 is 23.1 Å². The number of aliphatic hydroxyl groups is 1. The molecule has 2 aromatic rings. The Morgan fingerprint density at radius 1 is 1.13 bits per heavy atom. The van der Waals surface area contributed by atoms with E-state index in [-0.39, 0.29) is 17.9 Å². The molecule has 204 valence electrons. The number of ketones is 1. The van der Waals surface area contributed by atoms with Crippen LogP contribution in [0.2, 0.25) is 0 Å². The Hall–Kier alpha value is -3.95. The highest BCUT2D eigenvalue weighted by Crippen LogP contribution is 2.53. The van der Waals surface area contributed by atoms with Crippen LogP contribution in [0.3, 0.4) is 0 Å². The molecule has 0 saturated carbocycles. The van der Waals surface area contributed by atoms with E-state index in [1.165, 1.54) is 4.90 Å². The van der Waals surface area contributed by atoms with Gasteiger partial charge in [0.1, 0.15) is 18.1 Å². The smallest absolute Gasteiger partial charge is 0.296 e. The minimum absolute atomic E-state index is 0.145. The van der Waals surface area contributed by atoms with E-state index in [2.05, 4.69) is 11.5 Å². The van der Waals surface area contributed by atoms with Crippen molar-refractivity contribution in [3.8, 4) is 5.75 Å². The first kappa shape index (κ1) is 26.6. The number of morpholine rings is 1. The summed E-state index contributed by atoms with van der Waals surface area (Å²) in [5.74, 6) is -1.88. The minimum Gasteiger partial charge on any atom is -0.507 e. The summed E-state index contributed by atoms with van der Waals surface area (Å²) in [5.41, 5.74) is 0.222. The second-order valence-electron chi connectivity index (χ2n) is 9.82. The van der Waals surface area contributed by atoms with Crippen LogP contribution in [0.1, 0.15) is 23.6 Å². The van der Waals surface area contributed by atoms with Crippen molar-refractivity contribution in [2.45, 2.75) is 19.4 Å². The van der Waals surface area contributed by atoms with Crippen LogP contribution in [-0.4, -0.2) is 85.0 Å². The van der Waals surface area contributed by atoms with E-state index in [0.29, 0.717) is 68.6 Å². The highest BCUT2D eigenvalue weighted by molar-refractivity contribution is 6.50. The third kappa shape index (κ3) is 4.22. The number of anilines is 1. The second-order valence-corrected chi connectivity index (χ2v) is 9.82. The molecule has 0 aliphatic carbocycles. The number of Topliss-reactive ketones (excluding diaryl/α,β-unsaturated/α-hetero) is 1. The van der Waals surface area contributed by atoms with Gasteiger partial charge in [-0.05, 0) is 43.7 Å². The summed E-state index contributed by atoms with van der Waals surface area (Å²) in [6, 6.07) is 12.2. The highest BCUT2D eigenvalue weighted by Gasteiger charge is 2.66. The molecule has 2 aromatic carbocycles. The van der Waals surface area contributed by atoms with Gasteiger partial charge in [-0.25, -0.2) is 0 Å². The lowest BCUT2D eigenvalue weighted by molar-refractivity contribution is -0.144. The van der Waals surface area contributed by atoms with Gasteiger partial charge in [0.2, 0.25) is 0 Å². The van der Waals surface area contributed by atoms with Gasteiger partial charge in [0.25, 0.3) is 17.6 Å². The number of fused-ring (bicyclic) bond motifs is 2. The normalized spacial score (nSPS) is 22.6. The molecule has 9 heteroatoms. The Balaban J connectivity index is 1.67. The van der Waals surface area contributed by atoms with Crippen LogP contribution in [0.5, 0.6) is 5.75 Å². The number of ether oxygens (including phenoxy) is 2. The lowest BCUT2D eigenvalue weighted by Gasteiger charge is -2.36. The molecule has 3 heterocycles. The number of aliphatic hydroxyl groups excluding tert-OH is 1. The summed E-state index contributed by atoms with van der Waals surface area (Å²) < 4.78 is 11.1. The Kier molecular flexibility index (Phi) is 7.29. The summed E-state index contributed by atoms with van der Waals surface area (Å²) in [5, 5.41) is 11.7. The van der Waals surface area contributed by atoms with Crippen LogP contribution >= 0.6 is 0 Å². The van der Waals surface area contributed by atoms with Crippen molar-refractivity contribution in [1.29, 1.82) is 0 Å². The van der Waals surface area contributed by atoms with Gasteiger partial charge in [0, 0.05) is 43.9 Å². The predicted molar refractivity (Wildman–Crippen MR) is 147 cm³/mol. The number of hydrogen-bond acceptors (Lipinski definition) is 7. The van der Waals surface area contributed by atoms with Gasteiger partial charge < -0.3 is 24.4 Å². The number of hydrogen-bond donors (Lipinski definition) is 1. The Bertz CT molecular complexity index is 1360. The number of amides is 2. The van der Waals surface area contributed by atoms with Crippen LogP contribution in [-0.2, 0) is 24.7 Å². The van der Waals surface area contributed by atoms with Gasteiger partial charge in [0.05, 0.1) is 24.5 Å². The summed E-state index contributed by atoms with van der Waals surface area (Å²) in [6.07, 6.45) is 1.63. The minimum atomic E-state index is -1.76. The molecule has 3 aliphatic rings. The van der Waals surface area contributed by atoms with Crippen LogP contribution in [0.25, 0.3) is 5.76 Å². The first-order valence-corrected chi connectivity index (χ1v) is 13.2. The number of nitrogens with zero attached hydrogens (tertiary/aromatic N) is 3. The average molecular weight is 532 g/mol. The zero-order valence-corrected chi connectivity index (χ0v) is 22.3. The van der Waals surface area contributed by atoms with E-state index >= 15 is 0 Å². The fourth-order valence-corrected chi connectivity index (χ4v) is 5.80. The topological polar surface area (TPSA) is 99.6 Å². The number of aryl methyl sites for hydroxylation is 1. The molecule has 2 amide bonds. The highest BCUT2D eigenvalue weighted by atomic mass is 16.5. The maximum Gasteiger partial charge on any atom is 0.296 e. The van der Waals surface area contributed by atoms with Gasteiger partial charge >= 0.3 is 0 Å². The molecule has 2 saturated heterocycles. The molecule has 0 radical (unpaired) electrons. The molecule has 39 heavy (non-hydrogen) atoms. The van der Waals surface area contributed by atoms with Gasteiger partial charge in [-0.1, -0.05) is 30.9 Å². The Morgan fingerprint density at radius 3 is 2.56 bits per heavy atom. The molecular formula is C30H33N3O6. The number of likely N-dealkylation sites (tertiary alicyclic amines) is 1. The molecule has 0 bridgehead atoms. The van der Waals surface area contributed by atoms with Crippen LogP contribution < -0.4 is 9.64 Å². The first-order valence-electron chi connectivity index (χ1n) is 13.2. The molecule has 2 fully saturated rings. The van der Waals surface area contributed by atoms with Crippen molar-refractivity contribution >= 4 is 29.0 Å². The number of carbonyl (C=O) groups excluding carboxylic acids is 3. The fraction of sp³-hybridized carbons (Fsp3) is 0.367. The maximum atomic E-state index is 14.3. The molecule has 1 unspecified atom stereocenters. The monoisotopic (exact) mass is 531 g/mol. The van der Waals surface area contributed by atoms with E-state index in [0.717, 1.165) is 5.56 Å². The van der Waals surface area contributed by atoms with Crippen molar-refractivity contribution in [1.82, 2.24) is 9.80 Å². The standard InChI is InChI=1S/C30H33N3O6/c1-4-16-39-24-11-10-21(19-20(24)3)26(34)25-27(35)28(36)33(13-12-31-14-17-38-18-15-31)30(25)22-8-6-7-9-23(22)32(5-2)29(30)37/h4,6-11,19,34H,1,5,12-18H2,2-3H3. The number of benzene rings is 2. The van der Waals surface area contributed by atoms with E-state index in [9.17, 15) is 19.5 Å². The molecule has 3 aliphatic heterocycles. The van der Waals surface area contributed by atoms with Crippen molar-refractivity contribution in [2.24, 2.45) is 0 Å². The van der Waals surface area contributed by atoms with Crippen LogP contribution in [0, 0.1) is 6.92 Å². The van der Waals surface area contributed by atoms with Crippen molar-refractivity contribution in [2.75, 3.05) is 57.4 Å². The van der Waals surface area contributed by atoms with E-state index in [4.69, 9.17) is 9.47 Å². The van der Waals surface area contributed by atoms with Gasteiger partial charge in [-0.3, -0.25) is 19.3 Å². The summed E-state index contributed by atoms with van der Waals surface area (Å²) in [7, 11) is 0. The summed E-state index contributed by atoms with van der Waals surface area (Å²) in [4.78, 5) is 46.8. The third-order valence-electron chi connectivity index (χ3n) is 7.67. The fourth-order valence-electron chi connectivity index (χ4n) is 5.80. The first-order chi connectivity index (χ1) is 18.9. The molecule has 0 aromatic heterocycles. The number of para-hydroxylation sites is 1. The second kappa shape index (κ2) is 10.7. The predicted octanol–water partition coefficient (Wildman–Crippen LogP) is 2.83. The van der Waals surface area contributed by atoms with Crippen molar-refractivity contribution in [3.05, 3.63) is 77.4 Å². The SMILES string of the molecule is C=CCOc1ccc(C(O)=C2C(=O)C(=O)N(CCN3CCOCC3)C23C(=O)N(CC)c2ccccc23)cc1C. The molecule has 5 rings (SSSR count). The molecule has 1 spiro atoms.